The second-order valence-electron chi connectivity index (χ2n) is 4.90. The van der Waals surface area contributed by atoms with Crippen molar-refractivity contribution in [3.05, 3.63) is 35.4 Å². The Morgan fingerprint density at radius 1 is 1.35 bits per heavy atom. The van der Waals surface area contributed by atoms with Crippen molar-refractivity contribution in [1.29, 1.82) is 5.26 Å². The molecule has 0 saturated heterocycles. The van der Waals surface area contributed by atoms with Gasteiger partial charge in [0, 0.05) is 10.9 Å². The molecule has 0 unspecified atom stereocenters. The second kappa shape index (κ2) is 7.16. The van der Waals surface area contributed by atoms with Crippen molar-refractivity contribution < 1.29 is 4.79 Å². The van der Waals surface area contributed by atoms with Gasteiger partial charge in [0.05, 0.1) is 0 Å². The lowest BCUT2D eigenvalue weighted by Crippen LogP contribution is -2.33. The highest BCUT2D eigenvalue weighted by molar-refractivity contribution is 7.98. The Labute approximate surface area is 124 Å². The van der Waals surface area contributed by atoms with E-state index < -0.39 is 0 Å². The lowest BCUT2D eigenvalue weighted by atomic mass is 10.1. The first-order valence-electron chi connectivity index (χ1n) is 6.79. The average molecular weight is 286 g/mol. The zero-order valence-corrected chi connectivity index (χ0v) is 12.4. The Morgan fingerprint density at radius 3 is 2.55 bits per heavy atom. The second-order valence-corrected chi connectivity index (χ2v) is 5.78. The van der Waals surface area contributed by atoms with E-state index in [0.29, 0.717) is 0 Å². The molecule has 0 aromatic heterocycles. The van der Waals surface area contributed by atoms with E-state index in [2.05, 4.69) is 5.32 Å². The van der Waals surface area contributed by atoms with Crippen molar-refractivity contribution in [3.8, 4) is 6.07 Å². The van der Waals surface area contributed by atoms with Crippen molar-refractivity contribution in [2.45, 2.75) is 36.6 Å². The van der Waals surface area contributed by atoms with Crippen molar-refractivity contribution in [2.75, 3.05) is 6.26 Å². The predicted octanol–water partition coefficient (Wildman–Crippen LogP) is 3.37. The number of rotatable bonds is 4. The summed E-state index contributed by atoms with van der Waals surface area (Å²) < 4.78 is 0. The molecular formula is C16H18N2OS. The topological polar surface area (TPSA) is 52.9 Å². The fourth-order valence-corrected chi connectivity index (χ4v) is 2.76. The van der Waals surface area contributed by atoms with E-state index in [4.69, 9.17) is 5.26 Å². The standard InChI is InChI=1S/C16H18N2OS/c1-20-15-8-6-12(7-9-15)10-13(11-17)16(19)18-14-4-2-3-5-14/h6-10,14H,2-5H2,1H3,(H,18,19). The first-order valence-corrected chi connectivity index (χ1v) is 8.02. The van der Waals surface area contributed by atoms with Crippen molar-refractivity contribution in [2.24, 2.45) is 0 Å². The van der Waals surface area contributed by atoms with Gasteiger partial charge in [-0.2, -0.15) is 5.26 Å². The number of benzene rings is 1. The molecule has 1 aromatic rings. The van der Waals surface area contributed by atoms with Gasteiger partial charge in [0.1, 0.15) is 11.6 Å². The Hall–Kier alpha value is -1.73. The van der Waals surface area contributed by atoms with Crippen LogP contribution in [0.3, 0.4) is 0 Å². The summed E-state index contributed by atoms with van der Waals surface area (Å²) in [6.45, 7) is 0. The molecule has 0 bridgehead atoms. The smallest absolute Gasteiger partial charge is 0.262 e. The van der Waals surface area contributed by atoms with Crippen LogP contribution in [0.1, 0.15) is 31.2 Å². The summed E-state index contributed by atoms with van der Waals surface area (Å²) in [5, 5.41) is 12.1. The van der Waals surface area contributed by atoms with Gasteiger partial charge in [-0.15, -0.1) is 11.8 Å². The van der Waals surface area contributed by atoms with Gasteiger partial charge in [-0.3, -0.25) is 4.79 Å². The van der Waals surface area contributed by atoms with E-state index in [1.807, 2.05) is 36.6 Å². The number of carbonyl (C=O) groups is 1. The van der Waals surface area contributed by atoms with Crippen molar-refractivity contribution in [3.63, 3.8) is 0 Å². The maximum Gasteiger partial charge on any atom is 0.262 e. The summed E-state index contributed by atoms with van der Waals surface area (Å²) in [6, 6.07) is 10.0. The van der Waals surface area contributed by atoms with Crippen LogP contribution in [0.15, 0.2) is 34.7 Å². The first kappa shape index (κ1) is 14.7. The van der Waals surface area contributed by atoms with Crippen molar-refractivity contribution >= 4 is 23.7 Å². The number of hydrogen-bond donors (Lipinski definition) is 1. The summed E-state index contributed by atoms with van der Waals surface area (Å²) in [5.41, 5.74) is 1.05. The van der Waals surface area contributed by atoms with E-state index in [1.54, 1.807) is 17.8 Å². The van der Waals surface area contributed by atoms with Crippen LogP contribution in [0.4, 0.5) is 0 Å². The van der Waals surface area contributed by atoms with E-state index in [1.165, 1.54) is 0 Å². The van der Waals surface area contributed by atoms with Crippen LogP contribution in [0.5, 0.6) is 0 Å². The number of thioether (sulfide) groups is 1. The van der Waals surface area contributed by atoms with Gasteiger partial charge >= 0.3 is 0 Å². The van der Waals surface area contributed by atoms with Gasteiger partial charge in [-0.25, -0.2) is 0 Å². The first-order chi connectivity index (χ1) is 9.72. The maximum atomic E-state index is 12.1. The number of carbonyl (C=O) groups excluding carboxylic acids is 1. The largest absolute Gasteiger partial charge is 0.349 e. The van der Waals surface area contributed by atoms with Gasteiger partial charge in [0.15, 0.2) is 0 Å². The van der Waals surface area contributed by atoms with Crippen LogP contribution < -0.4 is 5.32 Å². The molecule has 1 aliphatic carbocycles. The van der Waals surface area contributed by atoms with Gasteiger partial charge in [0.25, 0.3) is 5.91 Å². The van der Waals surface area contributed by atoms with E-state index in [-0.39, 0.29) is 17.5 Å². The Bertz CT molecular complexity index is 537. The van der Waals surface area contributed by atoms with Crippen LogP contribution in [0.2, 0.25) is 0 Å². The molecule has 1 saturated carbocycles. The lowest BCUT2D eigenvalue weighted by Gasteiger charge is -2.10. The Balaban J connectivity index is 2.07. The van der Waals surface area contributed by atoms with E-state index in [0.717, 1.165) is 36.1 Å². The third-order valence-corrected chi connectivity index (χ3v) is 4.23. The summed E-state index contributed by atoms with van der Waals surface area (Å²) in [4.78, 5) is 13.2. The Morgan fingerprint density at radius 2 is 2.00 bits per heavy atom. The molecule has 4 heteroatoms. The molecule has 2 rings (SSSR count). The minimum atomic E-state index is -0.256. The average Bonchev–Trinajstić information content (AvgIpc) is 2.98. The number of nitrogens with one attached hydrogen (secondary N) is 1. The fraction of sp³-hybridized carbons (Fsp3) is 0.375. The van der Waals surface area contributed by atoms with Gasteiger partial charge < -0.3 is 5.32 Å². The quantitative estimate of drug-likeness (QED) is 0.524. The molecular weight excluding hydrogens is 268 g/mol. The van der Waals surface area contributed by atoms with Crippen LogP contribution in [0.25, 0.3) is 6.08 Å². The summed E-state index contributed by atoms with van der Waals surface area (Å²) in [6.07, 6.45) is 8.02. The van der Waals surface area contributed by atoms with Crippen LogP contribution in [-0.2, 0) is 4.79 Å². The molecule has 1 aliphatic rings. The number of nitrogens with zero attached hydrogens (tertiary/aromatic N) is 1. The van der Waals surface area contributed by atoms with Crippen molar-refractivity contribution in [1.82, 2.24) is 5.32 Å². The fourth-order valence-electron chi connectivity index (χ4n) is 2.35. The molecule has 20 heavy (non-hydrogen) atoms. The molecule has 1 N–H and O–H groups in total. The SMILES string of the molecule is CSc1ccc(C=C(C#N)C(=O)NC2CCCC2)cc1. The molecule has 104 valence electrons. The van der Waals surface area contributed by atoms with Gasteiger partial charge in [0.2, 0.25) is 0 Å². The minimum Gasteiger partial charge on any atom is -0.349 e. The number of nitriles is 1. The van der Waals surface area contributed by atoms with E-state index >= 15 is 0 Å². The van der Waals surface area contributed by atoms with Gasteiger partial charge in [-0.1, -0.05) is 25.0 Å². The molecule has 0 heterocycles. The lowest BCUT2D eigenvalue weighted by molar-refractivity contribution is -0.117. The zero-order chi connectivity index (χ0) is 14.4. The Kier molecular flexibility index (Phi) is 5.25. The van der Waals surface area contributed by atoms with Crippen LogP contribution in [-0.4, -0.2) is 18.2 Å². The zero-order valence-electron chi connectivity index (χ0n) is 11.6. The molecule has 1 amide bonds. The highest BCUT2D eigenvalue weighted by Gasteiger charge is 2.19. The highest BCUT2D eigenvalue weighted by Crippen LogP contribution is 2.19. The van der Waals surface area contributed by atoms with E-state index in [9.17, 15) is 4.79 Å². The summed E-state index contributed by atoms with van der Waals surface area (Å²) >= 11 is 1.66. The minimum absolute atomic E-state index is 0.175. The summed E-state index contributed by atoms with van der Waals surface area (Å²) in [5.74, 6) is -0.256. The summed E-state index contributed by atoms with van der Waals surface area (Å²) in [7, 11) is 0. The number of hydrogen-bond acceptors (Lipinski definition) is 3. The molecule has 1 fully saturated rings. The van der Waals surface area contributed by atoms with Crippen LogP contribution >= 0.6 is 11.8 Å². The number of amides is 1. The maximum absolute atomic E-state index is 12.1. The highest BCUT2D eigenvalue weighted by atomic mass is 32.2. The molecule has 0 atom stereocenters. The van der Waals surface area contributed by atoms with Crippen LogP contribution in [0, 0.1) is 11.3 Å². The third kappa shape index (κ3) is 3.88. The molecule has 0 aliphatic heterocycles. The third-order valence-electron chi connectivity index (χ3n) is 3.48. The normalized spacial score (nSPS) is 15.9. The predicted molar refractivity (Wildman–Crippen MR) is 82.2 cm³/mol. The molecule has 3 nitrogen and oxygen atoms in total. The molecule has 0 radical (unpaired) electrons. The van der Waals surface area contributed by atoms with Gasteiger partial charge in [-0.05, 0) is 42.9 Å². The monoisotopic (exact) mass is 286 g/mol. The molecule has 1 aromatic carbocycles. The molecule has 0 spiro atoms.